The molecular formula is C12H14BrN3O5. The molecule has 21 heavy (non-hydrogen) atoms. The Labute approximate surface area is 127 Å². The van der Waals surface area contributed by atoms with Gasteiger partial charge in [0.25, 0.3) is 5.56 Å². The molecule has 1 aromatic rings. The Morgan fingerprint density at radius 1 is 1.48 bits per heavy atom. The lowest BCUT2D eigenvalue weighted by Crippen LogP contribution is -2.48. The molecule has 0 saturated heterocycles. The summed E-state index contributed by atoms with van der Waals surface area (Å²) in [7, 11) is 0. The van der Waals surface area contributed by atoms with Gasteiger partial charge in [-0.2, -0.15) is 0 Å². The predicted octanol–water partition coefficient (Wildman–Crippen LogP) is -0.331. The van der Waals surface area contributed by atoms with Gasteiger partial charge in [0.1, 0.15) is 6.04 Å². The summed E-state index contributed by atoms with van der Waals surface area (Å²) in [6.07, 6.45) is 3.67. The Bertz CT molecular complexity index is 676. The van der Waals surface area contributed by atoms with Crippen molar-refractivity contribution in [2.24, 2.45) is 5.92 Å². The number of halogens is 1. The van der Waals surface area contributed by atoms with Crippen LogP contribution in [0.25, 0.3) is 0 Å². The molecule has 1 heterocycles. The fourth-order valence-electron chi connectivity index (χ4n) is 1.96. The Kier molecular flexibility index (Phi) is 4.61. The molecule has 8 nitrogen and oxygen atoms in total. The zero-order valence-electron chi connectivity index (χ0n) is 11.0. The molecule has 1 aromatic heterocycles. The number of rotatable bonds is 5. The van der Waals surface area contributed by atoms with Gasteiger partial charge in [0.05, 0.1) is 11.0 Å². The number of carbonyl (C=O) groups is 2. The predicted molar refractivity (Wildman–Crippen MR) is 75.9 cm³/mol. The standard InChI is InChI=1S/C12H14BrN3O5/c13-7-4-16(12(21)15-10(7)18)5-8(11(19)20)14-9(17)6-2-1-3-6/h4,6,8H,1-3,5H2,(H,14,17)(H,19,20)(H,15,18,21)/t8-/m0/s1. The van der Waals surface area contributed by atoms with E-state index in [-0.39, 0.29) is 22.8 Å². The van der Waals surface area contributed by atoms with Crippen LogP contribution in [-0.2, 0) is 16.1 Å². The fourth-order valence-corrected chi connectivity index (χ4v) is 2.31. The van der Waals surface area contributed by atoms with Crippen molar-refractivity contribution in [3.05, 3.63) is 31.5 Å². The van der Waals surface area contributed by atoms with Crippen molar-refractivity contribution in [2.45, 2.75) is 31.8 Å². The number of carbonyl (C=O) groups excluding carboxylic acids is 1. The average Bonchev–Trinajstić information content (AvgIpc) is 2.32. The van der Waals surface area contributed by atoms with Gasteiger partial charge in [0.2, 0.25) is 5.91 Å². The van der Waals surface area contributed by atoms with E-state index in [9.17, 15) is 19.2 Å². The molecule has 1 amide bonds. The van der Waals surface area contributed by atoms with Gasteiger partial charge < -0.3 is 10.4 Å². The van der Waals surface area contributed by atoms with Gasteiger partial charge in [-0.25, -0.2) is 9.59 Å². The lowest BCUT2D eigenvalue weighted by molar-refractivity contribution is -0.143. The van der Waals surface area contributed by atoms with Gasteiger partial charge in [-0.1, -0.05) is 6.42 Å². The normalized spacial score (nSPS) is 16.0. The fraction of sp³-hybridized carbons (Fsp3) is 0.500. The van der Waals surface area contributed by atoms with Crippen LogP contribution in [0.2, 0.25) is 0 Å². The molecule has 0 aromatic carbocycles. The second kappa shape index (κ2) is 6.25. The van der Waals surface area contributed by atoms with Crippen molar-refractivity contribution in [1.29, 1.82) is 0 Å². The van der Waals surface area contributed by atoms with Gasteiger partial charge >= 0.3 is 11.7 Å². The van der Waals surface area contributed by atoms with E-state index >= 15 is 0 Å². The van der Waals surface area contributed by atoms with E-state index in [1.54, 1.807) is 0 Å². The van der Waals surface area contributed by atoms with Crippen LogP contribution in [0.1, 0.15) is 19.3 Å². The summed E-state index contributed by atoms with van der Waals surface area (Å²) < 4.78 is 1.14. The molecule has 9 heteroatoms. The molecule has 1 aliphatic rings. The van der Waals surface area contributed by atoms with E-state index in [4.69, 9.17) is 5.11 Å². The highest BCUT2D eigenvalue weighted by molar-refractivity contribution is 9.10. The first kappa shape index (κ1) is 15.5. The monoisotopic (exact) mass is 359 g/mol. The molecule has 0 radical (unpaired) electrons. The summed E-state index contributed by atoms with van der Waals surface area (Å²) in [6, 6.07) is -1.23. The minimum absolute atomic E-state index is 0.108. The van der Waals surface area contributed by atoms with Gasteiger partial charge in [-0.3, -0.25) is 19.1 Å². The maximum atomic E-state index is 11.8. The van der Waals surface area contributed by atoms with Crippen molar-refractivity contribution in [3.8, 4) is 0 Å². The summed E-state index contributed by atoms with van der Waals surface area (Å²) in [6.45, 7) is -0.262. The third kappa shape index (κ3) is 3.60. The van der Waals surface area contributed by atoms with Gasteiger partial charge in [0, 0.05) is 12.1 Å². The Balaban J connectivity index is 2.14. The van der Waals surface area contributed by atoms with E-state index in [1.807, 2.05) is 4.98 Å². The number of carboxylic acids is 1. The first-order chi connectivity index (χ1) is 9.88. The van der Waals surface area contributed by atoms with Crippen LogP contribution < -0.4 is 16.6 Å². The molecule has 114 valence electrons. The smallest absolute Gasteiger partial charge is 0.328 e. The number of carboxylic acid groups (broad SMARTS) is 1. The van der Waals surface area contributed by atoms with Crippen LogP contribution in [0.4, 0.5) is 0 Å². The topological polar surface area (TPSA) is 121 Å². The van der Waals surface area contributed by atoms with E-state index < -0.39 is 23.3 Å². The maximum absolute atomic E-state index is 11.8. The SMILES string of the molecule is O=C(N[C@@H](Cn1cc(Br)c(=O)[nH]c1=O)C(=O)O)C1CCC1. The minimum Gasteiger partial charge on any atom is -0.480 e. The van der Waals surface area contributed by atoms with E-state index in [0.29, 0.717) is 0 Å². The summed E-state index contributed by atoms with van der Waals surface area (Å²) >= 11 is 2.96. The molecule has 0 unspecified atom stereocenters. The maximum Gasteiger partial charge on any atom is 0.328 e. The second-order valence-corrected chi connectivity index (χ2v) is 5.77. The number of nitrogens with zero attached hydrogens (tertiary/aromatic N) is 1. The number of H-pyrrole nitrogens is 1. The van der Waals surface area contributed by atoms with Crippen LogP contribution in [-0.4, -0.2) is 32.6 Å². The highest BCUT2D eigenvalue weighted by Crippen LogP contribution is 2.26. The van der Waals surface area contributed by atoms with Crippen LogP contribution in [0.3, 0.4) is 0 Å². The zero-order chi connectivity index (χ0) is 15.6. The quantitative estimate of drug-likeness (QED) is 0.664. The van der Waals surface area contributed by atoms with Crippen molar-refractivity contribution < 1.29 is 14.7 Å². The van der Waals surface area contributed by atoms with Crippen LogP contribution in [0, 0.1) is 5.92 Å². The van der Waals surface area contributed by atoms with Gasteiger partial charge in [0.15, 0.2) is 0 Å². The second-order valence-electron chi connectivity index (χ2n) is 4.92. The van der Waals surface area contributed by atoms with E-state index in [1.165, 1.54) is 6.20 Å². The number of hydrogen-bond donors (Lipinski definition) is 3. The van der Waals surface area contributed by atoms with Crippen molar-refractivity contribution in [3.63, 3.8) is 0 Å². The first-order valence-corrected chi connectivity index (χ1v) is 7.20. The Morgan fingerprint density at radius 3 is 2.67 bits per heavy atom. The Morgan fingerprint density at radius 2 is 2.14 bits per heavy atom. The van der Waals surface area contributed by atoms with E-state index in [0.717, 1.165) is 23.8 Å². The lowest BCUT2D eigenvalue weighted by Gasteiger charge is -2.26. The van der Waals surface area contributed by atoms with Crippen LogP contribution in [0.5, 0.6) is 0 Å². The summed E-state index contributed by atoms with van der Waals surface area (Å²) in [5.74, 6) is -1.70. The molecule has 1 saturated carbocycles. The molecule has 1 aliphatic carbocycles. The highest BCUT2D eigenvalue weighted by Gasteiger charge is 2.29. The molecular weight excluding hydrogens is 346 g/mol. The van der Waals surface area contributed by atoms with E-state index in [2.05, 4.69) is 21.2 Å². The van der Waals surface area contributed by atoms with Gasteiger partial charge in [-0.05, 0) is 28.8 Å². The number of amides is 1. The van der Waals surface area contributed by atoms with Crippen molar-refractivity contribution in [2.75, 3.05) is 0 Å². The number of nitrogens with one attached hydrogen (secondary N) is 2. The summed E-state index contributed by atoms with van der Waals surface area (Å²) in [4.78, 5) is 47.9. The molecule has 0 bridgehead atoms. The largest absolute Gasteiger partial charge is 0.480 e. The third-order valence-corrected chi connectivity index (χ3v) is 4.00. The molecule has 2 rings (SSSR count). The number of aliphatic carboxylic acids is 1. The molecule has 3 N–H and O–H groups in total. The third-order valence-electron chi connectivity index (χ3n) is 3.44. The zero-order valence-corrected chi connectivity index (χ0v) is 12.6. The number of aromatic amines is 1. The Hall–Kier alpha value is -1.90. The van der Waals surface area contributed by atoms with Crippen LogP contribution in [0.15, 0.2) is 20.3 Å². The average molecular weight is 360 g/mol. The highest BCUT2D eigenvalue weighted by atomic mass is 79.9. The molecule has 1 atom stereocenters. The molecule has 0 spiro atoms. The lowest BCUT2D eigenvalue weighted by atomic mass is 9.84. The minimum atomic E-state index is -1.24. The number of hydrogen-bond acceptors (Lipinski definition) is 4. The van der Waals surface area contributed by atoms with Gasteiger partial charge in [-0.15, -0.1) is 0 Å². The molecule has 1 fully saturated rings. The molecule has 0 aliphatic heterocycles. The van der Waals surface area contributed by atoms with Crippen molar-refractivity contribution in [1.82, 2.24) is 14.9 Å². The summed E-state index contributed by atoms with van der Waals surface area (Å²) in [5, 5.41) is 11.6. The first-order valence-electron chi connectivity index (χ1n) is 6.41. The van der Waals surface area contributed by atoms with Crippen molar-refractivity contribution >= 4 is 27.8 Å². The van der Waals surface area contributed by atoms with Crippen LogP contribution >= 0.6 is 15.9 Å². The summed E-state index contributed by atoms with van der Waals surface area (Å²) in [5.41, 5.74) is -1.33. The number of aromatic nitrogens is 2.